The summed E-state index contributed by atoms with van der Waals surface area (Å²) in [7, 11) is 3.51. The number of hydrogen-bond acceptors (Lipinski definition) is 4. The molecule has 2 fully saturated rings. The van der Waals surface area contributed by atoms with Gasteiger partial charge >= 0.3 is 6.03 Å². The molecule has 0 aromatic carbocycles. The van der Waals surface area contributed by atoms with Crippen LogP contribution in [0.3, 0.4) is 0 Å². The van der Waals surface area contributed by atoms with Crippen LogP contribution in [0.2, 0.25) is 0 Å². The Kier molecular flexibility index (Phi) is 3.69. The molecule has 3 rings (SSSR count). The summed E-state index contributed by atoms with van der Waals surface area (Å²) in [6.07, 6.45) is 2.30. The van der Waals surface area contributed by atoms with E-state index in [1.54, 1.807) is 25.1 Å². The predicted molar refractivity (Wildman–Crippen MR) is 79.1 cm³/mol. The Morgan fingerprint density at radius 1 is 1.57 bits per heavy atom. The largest absolute Gasteiger partial charge is 0.471 e. The van der Waals surface area contributed by atoms with Crippen molar-refractivity contribution in [1.29, 1.82) is 0 Å². The number of hydrogen-bond donors (Lipinski definition) is 0. The Bertz CT molecular complexity index is 549. The van der Waals surface area contributed by atoms with Gasteiger partial charge in [0.05, 0.1) is 4.75 Å². The van der Waals surface area contributed by atoms with Crippen molar-refractivity contribution in [2.45, 2.75) is 17.3 Å². The lowest BCUT2D eigenvalue weighted by molar-refractivity contribution is 0.0976. The minimum Gasteiger partial charge on any atom is -0.471 e. The van der Waals surface area contributed by atoms with Crippen LogP contribution in [0.25, 0.3) is 0 Å². The summed E-state index contributed by atoms with van der Waals surface area (Å²) in [6, 6.07) is 2.94. The molecule has 1 spiro atoms. The van der Waals surface area contributed by atoms with Crippen molar-refractivity contribution in [2.75, 3.05) is 32.9 Å². The lowest BCUT2D eigenvalue weighted by Gasteiger charge is -2.48. The molecule has 2 saturated heterocycles. The molecule has 21 heavy (non-hydrogen) atoms. The van der Waals surface area contributed by atoms with E-state index in [2.05, 4.69) is 4.98 Å². The van der Waals surface area contributed by atoms with Crippen LogP contribution in [0.5, 0.6) is 5.88 Å². The highest BCUT2D eigenvalue weighted by molar-refractivity contribution is 8.01. The van der Waals surface area contributed by atoms with Gasteiger partial charge in [0.1, 0.15) is 6.10 Å². The van der Waals surface area contributed by atoms with E-state index in [0.29, 0.717) is 0 Å². The zero-order valence-electron chi connectivity index (χ0n) is 12.1. The standard InChI is InChI=1S/C14H18FN3O2S/c1-17(2)13(19)18-8-14(9-18)6-10(7-21-14)20-12-11(15)4-3-5-16-12/h3-5,10H,6-9H2,1-2H3. The minimum atomic E-state index is -0.429. The summed E-state index contributed by atoms with van der Waals surface area (Å²) in [5.74, 6) is 0.446. The first-order valence-electron chi connectivity index (χ1n) is 6.86. The minimum absolute atomic E-state index is 0.0429. The first-order chi connectivity index (χ1) is 9.99. The summed E-state index contributed by atoms with van der Waals surface area (Å²) in [6.45, 7) is 1.47. The van der Waals surface area contributed by atoms with Crippen molar-refractivity contribution >= 4 is 17.8 Å². The van der Waals surface area contributed by atoms with Crippen LogP contribution < -0.4 is 4.74 Å². The van der Waals surface area contributed by atoms with Gasteiger partial charge < -0.3 is 14.5 Å². The highest BCUT2D eigenvalue weighted by atomic mass is 32.2. The highest BCUT2D eigenvalue weighted by Gasteiger charge is 2.51. The van der Waals surface area contributed by atoms with Gasteiger partial charge in [-0.2, -0.15) is 0 Å². The number of urea groups is 1. The maximum atomic E-state index is 13.5. The van der Waals surface area contributed by atoms with E-state index in [9.17, 15) is 9.18 Å². The monoisotopic (exact) mass is 311 g/mol. The second kappa shape index (κ2) is 5.36. The number of carbonyl (C=O) groups is 1. The molecule has 0 saturated carbocycles. The number of carbonyl (C=O) groups excluding carboxylic acids is 1. The third-order valence-electron chi connectivity index (χ3n) is 3.79. The Hall–Kier alpha value is -1.50. The van der Waals surface area contributed by atoms with E-state index >= 15 is 0 Å². The van der Waals surface area contributed by atoms with Crippen molar-refractivity contribution in [3.05, 3.63) is 24.1 Å². The summed E-state index contributed by atoms with van der Waals surface area (Å²) >= 11 is 1.81. The number of ether oxygens (including phenoxy) is 1. The van der Waals surface area contributed by atoms with Gasteiger partial charge in [0.25, 0.3) is 5.88 Å². The number of pyridine rings is 1. The van der Waals surface area contributed by atoms with Gasteiger partial charge in [-0.05, 0) is 12.1 Å². The fourth-order valence-corrected chi connectivity index (χ4v) is 4.31. The maximum Gasteiger partial charge on any atom is 0.319 e. The van der Waals surface area contributed by atoms with Gasteiger partial charge in [0.2, 0.25) is 0 Å². The molecule has 5 nitrogen and oxygen atoms in total. The lowest BCUT2D eigenvalue weighted by atomic mass is 9.93. The van der Waals surface area contributed by atoms with Gasteiger partial charge in [-0.3, -0.25) is 0 Å². The molecule has 0 radical (unpaired) electrons. The van der Waals surface area contributed by atoms with E-state index < -0.39 is 5.82 Å². The molecule has 3 heterocycles. The summed E-state index contributed by atoms with van der Waals surface area (Å²) in [5.41, 5.74) is 0. The van der Waals surface area contributed by atoms with Gasteiger partial charge in [0, 0.05) is 45.6 Å². The van der Waals surface area contributed by atoms with Crippen LogP contribution in [-0.2, 0) is 0 Å². The molecule has 1 unspecified atom stereocenters. The van der Waals surface area contributed by atoms with Crippen LogP contribution in [-0.4, -0.2) is 64.6 Å². The Balaban J connectivity index is 1.56. The van der Waals surface area contributed by atoms with Gasteiger partial charge in [-0.15, -0.1) is 11.8 Å². The zero-order valence-corrected chi connectivity index (χ0v) is 12.9. The van der Waals surface area contributed by atoms with Gasteiger partial charge in [-0.25, -0.2) is 14.2 Å². The van der Waals surface area contributed by atoms with Crippen LogP contribution in [0.1, 0.15) is 6.42 Å². The molecular weight excluding hydrogens is 293 g/mol. The molecule has 1 aromatic rings. The van der Waals surface area contributed by atoms with E-state index in [1.165, 1.54) is 12.3 Å². The van der Waals surface area contributed by atoms with E-state index in [1.807, 2.05) is 16.7 Å². The fraction of sp³-hybridized carbons (Fsp3) is 0.571. The first kappa shape index (κ1) is 14.4. The van der Waals surface area contributed by atoms with E-state index in [0.717, 1.165) is 25.3 Å². The van der Waals surface area contributed by atoms with Gasteiger partial charge in [0.15, 0.2) is 5.82 Å². The van der Waals surface area contributed by atoms with Crippen molar-refractivity contribution in [2.24, 2.45) is 0 Å². The molecule has 1 aromatic heterocycles. The average molecular weight is 311 g/mol. The topological polar surface area (TPSA) is 45.7 Å². The van der Waals surface area contributed by atoms with Crippen LogP contribution >= 0.6 is 11.8 Å². The molecule has 2 aliphatic heterocycles. The number of thioether (sulfide) groups is 1. The van der Waals surface area contributed by atoms with Crippen molar-refractivity contribution in [3.8, 4) is 5.88 Å². The average Bonchev–Trinajstić information content (AvgIpc) is 2.83. The third kappa shape index (κ3) is 2.79. The fourth-order valence-electron chi connectivity index (χ4n) is 2.78. The number of likely N-dealkylation sites (tertiary alicyclic amines) is 1. The smallest absolute Gasteiger partial charge is 0.319 e. The molecule has 2 amide bonds. The number of rotatable bonds is 2. The van der Waals surface area contributed by atoms with Crippen LogP contribution in [0, 0.1) is 5.82 Å². The number of aromatic nitrogens is 1. The molecule has 7 heteroatoms. The Morgan fingerprint density at radius 3 is 3.00 bits per heavy atom. The lowest BCUT2D eigenvalue weighted by Crippen LogP contribution is -2.62. The predicted octanol–water partition coefficient (Wildman–Crippen LogP) is 1.84. The summed E-state index contributed by atoms with van der Waals surface area (Å²) in [5, 5.41) is 0. The van der Waals surface area contributed by atoms with E-state index in [-0.39, 0.29) is 22.8 Å². The SMILES string of the molecule is CN(C)C(=O)N1CC2(CC(Oc3ncccc3F)CS2)C1. The summed E-state index contributed by atoms with van der Waals surface area (Å²) < 4.78 is 19.3. The maximum absolute atomic E-state index is 13.5. The molecular formula is C14H18FN3O2S. The van der Waals surface area contributed by atoms with E-state index in [4.69, 9.17) is 4.74 Å². The van der Waals surface area contributed by atoms with Crippen molar-refractivity contribution < 1.29 is 13.9 Å². The quantitative estimate of drug-likeness (QED) is 0.836. The summed E-state index contributed by atoms with van der Waals surface area (Å²) in [4.78, 5) is 19.2. The highest BCUT2D eigenvalue weighted by Crippen LogP contribution is 2.46. The Morgan fingerprint density at radius 2 is 2.33 bits per heavy atom. The van der Waals surface area contributed by atoms with Crippen LogP contribution in [0.15, 0.2) is 18.3 Å². The normalized spacial score (nSPS) is 23.0. The van der Waals surface area contributed by atoms with Gasteiger partial charge in [-0.1, -0.05) is 0 Å². The molecule has 0 aliphatic carbocycles. The third-order valence-corrected chi connectivity index (χ3v) is 5.36. The molecule has 114 valence electrons. The van der Waals surface area contributed by atoms with Crippen molar-refractivity contribution in [1.82, 2.24) is 14.8 Å². The van der Waals surface area contributed by atoms with Crippen LogP contribution in [0.4, 0.5) is 9.18 Å². The first-order valence-corrected chi connectivity index (χ1v) is 7.85. The number of amides is 2. The second-order valence-corrected chi connectivity index (χ2v) is 7.25. The molecule has 1 atom stereocenters. The zero-order chi connectivity index (χ0) is 15.0. The molecule has 0 bridgehead atoms. The van der Waals surface area contributed by atoms with Crippen molar-refractivity contribution in [3.63, 3.8) is 0 Å². The molecule has 0 N–H and O–H groups in total. The molecule has 2 aliphatic rings. The second-order valence-electron chi connectivity index (χ2n) is 5.76. The number of halogens is 1. The Labute approximate surface area is 127 Å². The number of nitrogens with zero attached hydrogens (tertiary/aromatic N) is 3.